The Hall–Kier alpha value is -4.02. The normalized spacial score (nSPS) is 16.3. The molecular formula is C42H64N4O7. The molecule has 294 valence electrons. The number of nitrogens with zero attached hydrogens (tertiary/aromatic N) is 4. The fraction of sp³-hybridized carbons (Fsp3) is 0.667. The summed E-state index contributed by atoms with van der Waals surface area (Å²) < 4.78 is 17.2. The van der Waals surface area contributed by atoms with Crippen molar-refractivity contribution in [3.05, 3.63) is 48.0 Å². The van der Waals surface area contributed by atoms with E-state index in [1.807, 2.05) is 91.5 Å². The van der Waals surface area contributed by atoms with Gasteiger partial charge in [-0.3, -0.25) is 4.79 Å². The van der Waals surface area contributed by atoms with Gasteiger partial charge in [0.1, 0.15) is 16.8 Å². The van der Waals surface area contributed by atoms with Gasteiger partial charge < -0.3 is 33.8 Å². The molecule has 0 radical (unpaired) electrons. The molecule has 0 N–H and O–H groups in total. The van der Waals surface area contributed by atoms with Crippen molar-refractivity contribution in [1.29, 1.82) is 0 Å². The number of amides is 4. The molecular weight excluding hydrogens is 672 g/mol. The van der Waals surface area contributed by atoms with Crippen molar-refractivity contribution in [1.82, 2.24) is 19.6 Å². The molecule has 0 atom stereocenters. The Morgan fingerprint density at radius 3 is 1.57 bits per heavy atom. The van der Waals surface area contributed by atoms with E-state index < -0.39 is 16.8 Å². The number of ether oxygens (including phenoxy) is 3. The highest BCUT2D eigenvalue weighted by molar-refractivity contribution is 5.90. The van der Waals surface area contributed by atoms with E-state index in [1.165, 1.54) is 0 Å². The molecule has 11 nitrogen and oxygen atoms in total. The summed E-state index contributed by atoms with van der Waals surface area (Å²) in [7, 11) is 0. The second kappa shape index (κ2) is 17.9. The van der Waals surface area contributed by atoms with Crippen LogP contribution >= 0.6 is 0 Å². The van der Waals surface area contributed by atoms with Crippen LogP contribution in [0, 0.1) is 11.8 Å². The third kappa shape index (κ3) is 13.7. The van der Waals surface area contributed by atoms with E-state index in [0.29, 0.717) is 65.2 Å². The van der Waals surface area contributed by atoms with Gasteiger partial charge in [-0.05, 0) is 123 Å². The molecule has 0 unspecified atom stereocenters. The zero-order valence-electron chi connectivity index (χ0n) is 33.7. The van der Waals surface area contributed by atoms with Gasteiger partial charge in [0.25, 0.3) is 0 Å². The minimum Gasteiger partial charge on any atom is -0.444 e. The topological polar surface area (TPSA) is 109 Å². The molecule has 11 heteroatoms. The molecule has 2 fully saturated rings. The Kier molecular flexibility index (Phi) is 14.1. The number of hydrogen-bond acceptors (Lipinski definition) is 7. The van der Waals surface area contributed by atoms with E-state index >= 15 is 0 Å². The zero-order chi connectivity index (χ0) is 39.0. The fourth-order valence-electron chi connectivity index (χ4n) is 6.95. The van der Waals surface area contributed by atoms with Crippen molar-refractivity contribution in [2.24, 2.45) is 11.8 Å². The Morgan fingerprint density at radius 1 is 0.623 bits per heavy atom. The summed E-state index contributed by atoms with van der Waals surface area (Å²) in [6.45, 7) is 21.1. The van der Waals surface area contributed by atoms with Crippen LogP contribution < -0.4 is 0 Å². The lowest BCUT2D eigenvalue weighted by Crippen LogP contribution is -2.47. The number of likely N-dealkylation sites (tertiary alicyclic amines) is 2. The summed E-state index contributed by atoms with van der Waals surface area (Å²) in [5, 5.41) is 2.24. The molecule has 0 saturated carbocycles. The van der Waals surface area contributed by atoms with Crippen LogP contribution in [0.2, 0.25) is 0 Å². The maximum absolute atomic E-state index is 13.5. The molecule has 2 aromatic carbocycles. The first-order valence-corrected chi connectivity index (χ1v) is 19.4. The van der Waals surface area contributed by atoms with Crippen molar-refractivity contribution in [3.63, 3.8) is 0 Å². The smallest absolute Gasteiger partial charge is 0.410 e. The minimum absolute atomic E-state index is 0.126. The molecule has 4 amide bonds. The monoisotopic (exact) mass is 736 g/mol. The highest BCUT2D eigenvalue weighted by Gasteiger charge is 2.32. The molecule has 2 heterocycles. The van der Waals surface area contributed by atoms with Crippen LogP contribution in [-0.4, -0.2) is 113 Å². The molecule has 0 spiro atoms. The molecule has 2 saturated heterocycles. The summed E-state index contributed by atoms with van der Waals surface area (Å²) in [5.74, 6) is 0.555. The Labute approximate surface area is 317 Å². The molecule has 0 bridgehead atoms. The number of piperidine rings is 2. The Bertz CT molecular complexity index is 1540. The Balaban J connectivity index is 1.34. The number of benzene rings is 2. The average Bonchev–Trinajstić information content (AvgIpc) is 3.05. The van der Waals surface area contributed by atoms with Crippen LogP contribution in [-0.2, 0) is 25.4 Å². The maximum Gasteiger partial charge on any atom is 0.410 e. The molecule has 2 aliphatic rings. The van der Waals surface area contributed by atoms with E-state index in [0.717, 1.165) is 42.0 Å². The summed E-state index contributed by atoms with van der Waals surface area (Å²) >= 11 is 0. The fourth-order valence-corrected chi connectivity index (χ4v) is 6.95. The van der Waals surface area contributed by atoms with Gasteiger partial charge in [-0.1, -0.05) is 42.5 Å². The van der Waals surface area contributed by atoms with Crippen molar-refractivity contribution in [2.75, 3.05) is 52.4 Å². The minimum atomic E-state index is -0.650. The molecule has 53 heavy (non-hydrogen) atoms. The number of carbonyl (C=O) groups is 4. The highest BCUT2D eigenvalue weighted by atomic mass is 16.6. The molecule has 2 aliphatic heterocycles. The van der Waals surface area contributed by atoms with E-state index in [-0.39, 0.29) is 36.0 Å². The van der Waals surface area contributed by atoms with Crippen molar-refractivity contribution in [3.8, 4) is 0 Å². The van der Waals surface area contributed by atoms with Crippen LogP contribution in [0.3, 0.4) is 0 Å². The summed E-state index contributed by atoms with van der Waals surface area (Å²) in [4.78, 5) is 60.1. The van der Waals surface area contributed by atoms with E-state index in [1.54, 1.807) is 14.7 Å². The van der Waals surface area contributed by atoms with Gasteiger partial charge in [0.15, 0.2) is 0 Å². The maximum atomic E-state index is 13.5. The van der Waals surface area contributed by atoms with Gasteiger partial charge in [-0.2, -0.15) is 0 Å². The van der Waals surface area contributed by atoms with Crippen LogP contribution in [0.1, 0.15) is 100.0 Å². The second-order valence-corrected chi connectivity index (χ2v) is 17.8. The lowest BCUT2D eigenvalue weighted by molar-refractivity contribution is -0.131. The van der Waals surface area contributed by atoms with Gasteiger partial charge in [0.2, 0.25) is 5.91 Å². The average molecular weight is 737 g/mol. The largest absolute Gasteiger partial charge is 0.444 e. The van der Waals surface area contributed by atoms with Gasteiger partial charge in [0, 0.05) is 52.4 Å². The van der Waals surface area contributed by atoms with E-state index in [2.05, 4.69) is 18.2 Å². The lowest BCUT2D eigenvalue weighted by atomic mass is 9.95. The van der Waals surface area contributed by atoms with Crippen LogP contribution in [0.15, 0.2) is 42.5 Å². The zero-order valence-corrected chi connectivity index (χ0v) is 33.7. The summed E-state index contributed by atoms with van der Waals surface area (Å²) in [6.07, 6.45) is 2.98. The first kappa shape index (κ1) is 41.7. The van der Waals surface area contributed by atoms with Crippen LogP contribution in [0.4, 0.5) is 14.4 Å². The third-order valence-corrected chi connectivity index (χ3v) is 9.57. The molecule has 0 aromatic heterocycles. The first-order valence-electron chi connectivity index (χ1n) is 19.4. The quantitative estimate of drug-likeness (QED) is 0.227. The number of carbonyl (C=O) groups excluding carboxylic acids is 4. The van der Waals surface area contributed by atoms with Crippen LogP contribution in [0.25, 0.3) is 10.8 Å². The van der Waals surface area contributed by atoms with Crippen molar-refractivity contribution in [2.45, 2.75) is 118 Å². The number of hydrogen-bond donors (Lipinski definition) is 0. The highest BCUT2D eigenvalue weighted by Crippen LogP contribution is 2.25. The SMILES string of the molecule is CC(C)(C)OC(=O)N1CCC(CN(CCCN(CC2CCN(C(=O)Cc3cccc4ccccc34)CC2)C(=O)OC(C)(C)C)C(=O)OC(C)(C)C)CC1. The Morgan fingerprint density at radius 2 is 1.08 bits per heavy atom. The summed E-state index contributed by atoms with van der Waals surface area (Å²) in [5.41, 5.74) is -0.811. The van der Waals surface area contributed by atoms with Crippen molar-refractivity contribution >= 4 is 35.0 Å². The van der Waals surface area contributed by atoms with E-state index in [9.17, 15) is 19.2 Å². The number of rotatable bonds is 10. The third-order valence-electron chi connectivity index (χ3n) is 9.57. The van der Waals surface area contributed by atoms with Gasteiger partial charge in [0.05, 0.1) is 6.42 Å². The lowest BCUT2D eigenvalue weighted by Gasteiger charge is -2.37. The number of fused-ring (bicyclic) bond motifs is 1. The van der Waals surface area contributed by atoms with Gasteiger partial charge in [-0.25, -0.2) is 14.4 Å². The predicted octanol–water partition coefficient (Wildman–Crippen LogP) is 8.13. The first-order chi connectivity index (χ1) is 24.8. The van der Waals surface area contributed by atoms with Crippen molar-refractivity contribution < 1.29 is 33.4 Å². The predicted molar refractivity (Wildman–Crippen MR) is 208 cm³/mol. The van der Waals surface area contributed by atoms with Crippen LogP contribution in [0.5, 0.6) is 0 Å². The molecule has 4 rings (SSSR count). The van der Waals surface area contributed by atoms with E-state index in [4.69, 9.17) is 14.2 Å². The molecule has 2 aromatic rings. The van der Waals surface area contributed by atoms with Gasteiger partial charge >= 0.3 is 18.3 Å². The summed E-state index contributed by atoms with van der Waals surface area (Å²) in [6, 6.07) is 14.3. The standard InChI is InChI=1S/C42H64N4O7/c1-40(2,3)51-37(48)44-26-20-32(21-27-44)30-46(39(50)53-42(7,8)9)23-13-22-45(38(49)52-41(4,5)6)29-31-18-24-43(25-19-31)36(47)28-34-16-12-15-33-14-10-11-17-35(33)34/h10-12,14-17,31-32H,13,18-30H2,1-9H3. The second-order valence-electron chi connectivity index (χ2n) is 17.8. The van der Waals surface area contributed by atoms with Gasteiger partial charge in [-0.15, -0.1) is 0 Å². The molecule has 0 aliphatic carbocycles.